The first-order valence-electron chi connectivity index (χ1n) is 16.2. The molecule has 5 heterocycles. The minimum absolute atomic E-state index is 0.682. The third kappa shape index (κ3) is 5.88. The number of piperidine rings is 1. The molecule has 2 fully saturated rings. The molecule has 3 N–H and O–H groups in total. The summed E-state index contributed by atoms with van der Waals surface area (Å²) in [7, 11) is 8.00. The number of piperazine rings is 1. The Morgan fingerprint density at radius 3 is 2.43 bits per heavy atom. The number of anilines is 6. The molecule has 11 nitrogen and oxygen atoms in total. The molecule has 5 aromatic rings. The zero-order valence-electron chi connectivity index (χ0n) is 27.5. The van der Waals surface area contributed by atoms with Crippen LogP contribution >= 0.6 is 0 Å². The first-order valence-corrected chi connectivity index (χ1v) is 16.2. The molecule has 0 unspecified atom stereocenters. The van der Waals surface area contributed by atoms with Crippen LogP contribution in [0.25, 0.3) is 22.1 Å². The van der Waals surface area contributed by atoms with Gasteiger partial charge in [0, 0.05) is 101 Å². The lowest BCUT2D eigenvalue weighted by atomic mass is 10.0. The number of hydrogen-bond donors (Lipinski definition) is 3. The summed E-state index contributed by atoms with van der Waals surface area (Å²) in [6, 6.07) is 13.2. The van der Waals surface area contributed by atoms with Gasteiger partial charge >= 0.3 is 0 Å². The maximum Gasteiger partial charge on any atom is 0.144 e. The van der Waals surface area contributed by atoms with Crippen molar-refractivity contribution in [2.75, 3.05) is 88.0 Å². The fourth-order valence-corrected chi connectivity index (χ4v) is 7.01. The van der Waals surface area contributed by atoms with E-state index in [2.05, 4.69) is 77.4 Å². The molecule has 2 aromatic carbocycles. The minimum atomic E-state index is 0.682. The van der Waals surface area contributed by atoms with Gasteiger partial charge in [0.2, 0.25) is 0 Å². The number of nitrogens with one attached hydrogen (secondary N) is 3. The van der Waals surface area contributed by atoms with Gasteiger partial charge in [-0.15, -0.1) is 0 Å². The molecule has 46 heavy (non-hydrogen) atoms. The summed E-state index contributed by atoms with van der Waals surface area (Å²) in [4.78, 5) is 27.0. The molecule has 0 aliphatic carbocycles. The molecular formula is C35H44N10O. The Morgan fingerprint density at radius 2 is 1.67 bits per heavy atom. The zero-order chi connectivity index (χ0) is 31.8. The fraction of sp³-hybridized carbons (Fsp3) is 0.400. The second-order valence-electron chi connectivity index (χ2n) is 12.7. The van der Waals surface area contributed by atoms with Gasteiger partial charge < -0.3 is 35.1 Å². The second kappa shape index (κ2) is 12.6. The standard InChI is InChI=1S/C35H44N10O/c1-23-20-29(31(46-5)22-30(23)45-14-9-24(10-15-45)44-18-16-43(4)17-19-44)40-32-21-28(25-8-11-38-35(25)41-32)39-27-7-6-26-33(34(27)42(2)3)37-13-12-36-26/h6-8,11-13,20-22,24H,9-10,14-19H2,1-5H3,(H3,38,39,40,41). The Morgan fingerprint density at radius 1 is 0.891 bits per heavy atom. The maximum absolute atomic E-state index is 5.94. The molecule has 0 radical (unpaired) electrons. The third-order valence-electron chi connectivity index (χ3n) is 9.50. The van der Waals surface area contributed by atoms with Crippen molar-refractivity contribution >= 4 is 56.3 Å². The summed E-state index contributed by atoms with van der Waals surface area (Å²) in [6.07, 6.45) is 7.76. The number of aryl methyl sites for hydroxylation is 1. The normalized spacial score (nSPS) is 16.7. The Labute approximate surface area is 270 Å². The molecule has 2 aliphatic rings. The van der Waals surface area contributed by atoms with Crippen molar-refractivity contribution in [1.82, 2.24) is 29.7 Å². The van der Waals surface area contributed by atoms with Crippen LogP contribution in [0.2, 0.25) is 0 Å². The van der Waals surface area contributed by atoms with E-state index in [-0.39, 0.29) is 0 Å². The lowest BCUT2D eigenvalue weighted by molar-refractivity contribution is 0.0982. The Balaban J connectivity index is 1.13. The van der Waals surface area contributed by atoms with E-state index in [1.54, 1.807) is 19.5 Å². The monoisotopic (exact) mass is 620 g/mol. The van der Waals surface area contributed by atoms with E-state index in [0.29, 0.717) is 11.9 Å². The highest BCUT2D eigenvalue weighted by Gasteiger charge is 2.28. The number of H-pyrrole nitrogens is 1. The highest BCUT2D eigenvalue weighted by molar-refractivity contribution is 6.00. The number of aromatic nitrogens is 4. The Kier molecular flexibility index (Phi) is 8.27. The summed E-state index contributed by atoms with van der Waals surface area (Å²) in [5.74, 6) is 1.51. The molecule has 240 valence electrons. The zero-order valence-corrected chi connectivity index (χ0v) is 27.5. The van der Waals surface area contributed by atoms with Crippen molar-refractivity contribution in [1.29, 1.82) is 0 Å². The summed E-state index contributed by atoms with van der Waals surface area (Å²) >= 11 is 0. The van der Waals surface area contributed by atoms with E-state index in [0.717, 1.165) is 63.7 Å². The van der Waals surface area contributed by atoms with Crippen molar-refractivity contribution in [2.24, 2.45) is 0 Å². The fourth-order valence-electron chi connectivity index (χ4n) is 7.01. The predicted molar refractivity (Wildman–Crippen MR) is 189 cm³/mol. The van der Waals surface area contributed by atoms with Gasteiger partial charge in [0.05, 0.1) is 35.4 Å². The highest BCUT2D eigenvalue weighted by atomic mass is 16.5. The summed E-state index contributed by atoms with van der Waals surface area (Å²) < 4.78 is 5.94. The van der Waals surface area contributed by atoms with Gasteiger partial charge in [0.25, 0.3) is 0 Å². The van der Waals surface area contributed by atoms with Crippen LogP contribution in [-0.4, -0.2) is 103 Å². The van der Waals surface area contributed by atoms with Crippen molar-refractivity contribution in [2.45, 2.75) is 25.8 Å². The summed E-state index contributed by atoms with van der Waals surface area (Å²) in [6.45, 7) is 9.01. The van der Waals surface area contributed by atoms with E-state index in [1.165, 1.54) is 50.3 Å². The van der Waals surface area contributed by atoms with E-state index in [1.807, 2.05) is 38.5 Å². The smallest absolute Gasteiger partial charge is 0.144 e. The van der Waals surface area contributed by atoms with Gasteiger partial charge in [-0.1, -0.05) is 0 Å². The number of aromatic amines is 1. The predicted octanol–water partition coefficient (Wildman–Crippen LogP) is 5.59. The largest absolute Gasteiger partial charge is 0.494 e. The van der Waals surface area contributed by atoms with E-state index in [9.17, 15) is 0 Å². The van der Waals surface area contributed by atoms with Gasteiger partial charge in [-0.05, 0) is 56.6 Å². The lowest BCUT2D eigenvalue weighted by Gasteiger charge is -2.43. The van der Waals surface area contributed by atoms with Crippen molar-refractivity contribution in [3.05, 3.63) is 60.6 Å². The third-order valence-corrected chi connectivity index (χ3v) is 9.50. The number of nitrogens with zero attached hydrogens (tertiary/aromatic N) is 7. The molecule has 3 aromatic heterocycles. The molecule has 0 saturated carbocycles. The van der Waals surface area contributed by atoms with Crippen molar-refractivity contribution in [3.8, 4) is 5.75 Å². The molecule has 0 atom stereocenters. The Hall–Kier alpha value is -4.61. The minimum Gasteiger partial charge on any atom is -0.494 e. The van der Waals surface area contributed by atoms with Crippen LogP contribution in [0.1, 0.15) is 18.4 Å². The number of likely N-dealkylation sites (N-methyl/N-ethyl adjacent to an activating group) is 1. The maximum atomic E-state index is 5.94. The van der Waals surface area contributed by atoms with Crippen molar-refractivity contribution < 1.29 is 4.74 Å². The molecule has 11 heteroatoms. The number of rotatable bonds is 8. The summed E-state index contributed by atoms with van der Waals surface area (Å²) in [5, 5.41) is 8.23. The second-order valence-corrected chi connectivity index (χ2v) is 12.7. The van der Waals surface area contributed by atoms with Crippen LogP contribution in [-0.2, 0) is 0 Å². The first kappa shape index (κ1) is 30.1. The van der Waals surface area contributed by atoms with Crippen LogP contribution in [0.3, 0.4) is 0 Å². The van der Waals surface area contributed by atoms with E-state index in [4.69, 9.17) is 9.72 Å². The highest BCUT2D eigenvalue weighted by Crippen LogP contribution is 2.39. The average Bonchev–Trinajstić information content (AvgIpc) is 3.54. The van der Waals surface area contributed by atoms with E-state index < -0.39 is 0 Å². The topological polar surface area (TPSA) is 101 Å². The molecule has 0 spiro atoms. The summed E-state index contributed by atoms with van der Waals surface area (Å²) in [5.41, 5.74) is 8.66. The van der Waals surface area contributed by atoms with Crippen LogP contribution in [0.5, 0.6) is 5.75 Å². The van der Waals surface area contributed by atoms with Gasteiger partial charge in [-0.25, -0.2) is 4.98 Å². The number of fused-ring (bicyclic) bond motifs is 2. The molecule has 2 aliphatic heterocycles. The molecule has 0 amide bonds. The van der Waals surface area contributed by atoms with Crippen LogP contribution in [0.15, 0.2) is 55.0 Å². The molecule has 7 rings (SSSR count). The van der Waals surface area contributed by atoms with E-state index >= 15 is 0 Å². The quantitative estimate of drug-likeness (QED) is 0.204. The van der Waals surface area contributed by atoms with Crippen LogP contribution < -0.4 is 25.2 Å². The molecule has 0 bridgehead atoms. The van der Waals surface area contributed by atoms with Crippen LogP contribution in [0, 0.1) is 6.92 Å². The van der Waals surface area contributed by atoms with Crippen LogP contribution in [0.4, 0.5) is 34.3 Å². The van der Waals surface area contributed by atoms with Gasteiger partial charge in [-0.3, -0.25) is 14.9 Å². The SMILES string of the molecule is COc1cc(N2CCC(N3CCN(C)CC3)CC2)c(C)cc1Nc1cc(Nc2ccc3nccnc3c2N(C)C)c2cc[nH]c2n1. The number of ether oxygens (including phenoxy) is 1. The average molecular weight is 621 g/mol. The number of hydrogen-bond acceptors (Lipinski definition) is 10. The molecule has 2 saturated heterocycles. The first-order chi connectivity index (χ1) is 22.4. The number of benzene rings is 2. The van der Waals surface area contributed by atoms with Crippen molar-refractivity contribution in [3.63, 3.8) is 0 Å². The molecular weight excluding hydrogens is 576 g/mol. The lowest BCUT2D eigenvalue weighted by Crippen LogP contribution is -2.52. The number of pyridine rings is 1. The number of methoxy groups -OCH3 is 1. The Bertz CT molecular complexity index is 1840. The van der Waals surface area contributed by atoms with Gasteiger partial charge in [0.15, 0.2) is 0 Å². The van der Waals surface area contributed by atoms with Gasteiger partial charge in [-0.2, -0.15) is 0 Å². The van der Waals surface area contributed by atoms with Gasteiger partial charge in [0.1, 0.15) is 22.7 Å².